The van der Waals surface area contributed by atoms with Crippen LogP contribution in [0.4, 0.5) is 0 Å². The van der Waals surface area contributed by atoms with Crippen LogP contribution in [0.3, 0.4) is 0 Å². The van der Waals surface area contributed by atoms with E-state index in [0.29, 0.717) is 19.2 Å². The summed E-state index contributed by atoms with van der Waals surface area (Å²) >= 11 is 0. The van der Waals surface area contributed by atoms with Crippen LogP contribution in [0.15, 0.2) is 4.99 Å². The Morgan fingerprint density at radius 3 is 2.70 bits per heavy atom. The summed E-state index contributed by atoms with van der Waals surface area (Å²) in [6, 6.07) is 0.498. The zero-order valence-corrected chi connectivity index (χ0v) is 15.6. The molecule has 2 N–H and O–H groups in total. The number of rotatable bonds is 9. The third-order valence-electron chi connectivity index (χ3n) is 4.15. The highest BCUT2D eigenvalue weighted by Crippen LogP contribution is 2.26. The maximum absolute atomic E-state index is 11.0. The Hall–Kier alpha value is -0.820. The van der Waals surface area contributed by atoms with E-state index in [1.54, 1.807) is 0 Å². The summed E-state index contributed by atoms with van der Waals surface area (Å²) in [6.07, 6.45) is 7.51. The number of aliphatic imine (C=N–C) groups is 1. The van der Waals surface area contributed by atoms with Crippen LogP contribution in [0.2, 0.25) is 0 Å². The van der Waals surface area contributed by atoms with Crippen LogP contribution >= 0.6 is 0 Å². The van der Waals surface area contributed by atoms with Gasteiger partial charge in [0.05, 0.1) is 25.5 Å². The summed E-state index contributed by atoms with van der Waals surface area (Å²) in [5, 5.41) is 6.79. The molecule has 2 unspecified atom stereocenters. The lowest BCUT2D eigenvalue weighted by Gasteiger charge is -2.30. The van der Waals surface area contributed by atoms with Crippen molar-refractivity contribution in [2.75, 3.05) is 38.3 Å². The molecule has 0 aromatic carbocycles. The van der Waals surface area contributed by atoms with Gasteiger partial charge in [-0.3, -0.25) is 4.99 Å². The SMILES string of the molecule is CCNC(=NCCOCCS(C)(=O)=O)NC1CCCC(CC)C1. The lowest BCUT2D eigenvalue weighted by atomic mass is 9.84. The standard InChI is InChI=1S/C16H33N3O3S/c1-4-14-7-6-8-15(13-14)19-16(17-5-2)18-9-10-22-11-12-23(3,20)21/h14-15H,4-13H2,1-3H3,(H2,17,18,19). The number of guanidine groups is 1. The molecule has 1 saturated carbocycles. The third-order valence-corrected chi connectivity index (χ3v) is 5.06. The molecule has 1 aliphatic carbocycles. The van der Waals surface area contributed by atoms with Crippen LogP contribution in [-0.4, -0.2) is 58.7 Å². The molecule has 0 amide bonds. The van der Waals surface area contributed by atoms with Gasteiger partial charge in [0.25, 0.3) is 0 Å². The molecular weight excluding hydrogens is 314 g/mol. The van der Waals surface area contributed by atoms with Gasteiger partial charge < -0.3 is 15.4 Å². The second kappa shape index (κ2) is 10.9. The number of sulfone groups is 1. The van der Waals surface area contributed by atoms with Gasteiger partial charge in [-0.15, -0.1) is 0 Å². The molecular formula is C16H33N3O3S. The van der Waals surface area contributed by atoms with E-state index in [2.05, 4.69) is 29.5 Å². The maximum atomic E-state index is 11.0. The van der Waals surface area contributed by atoms with Crippen molar-refractivity contribution in [1.29, 1.82) is 0 Å². The quantitative estimate of drug-likeness (QED) is 0.376. The number of nitrogens with zero attached hydrogens (tertiary/aromatic N) is 1. The van der Waals surface area contributed by atoms with E-state index in [1.165, 1.54) is 38.4 Å². The van der Waals surface area contributed by atoms with Gasteiger partial charge in [0.15, 0.2) is 5.96 Å². The Morgan fingerprint density at radius 2 is 2.04 bits per heavy atom. The minimum absolute atomic E-state index is 0.0650. The van der Waals surface area contributed by atoms with E-state index in [-0.39, 0.29) is 12.4 Å². The number of hydrogen-bond acceptors (Lipinski definition) is 4. The first-order valence-electron chi connectivity index (χ1n) is 8.75. The van der Waals surface area contributed by atoms with Crippen LogP contribution in [0.5, 0.6) is 0 Å². The van der Waals surface area contributed by atoms with Crippen LogP contribution in [0.1, 0.15) is 46.0 Å². The molecule has 0 saturated heterocycles. The van der Waals surface area contributed by atoms with Gasteiger partial charge >= 0.3 is 0 Å². The fourth-order valence-corrected chi connectivity index (χ4v) is 3.26. The molecule has 0 heterocycles. The van der Waals surface area contributed by atoms with E-state index in [9.17, 15) is 8.42 Å². The largest absolute Gasteiger partial charge is 0.378 e. The zero-order chi connectivity index (χ0) is 17.1. The molecule has 2 atom stereocenters. The lowest BCUT2D eigenvalue weighted by Crippen LogP contribution is -2.45. The van der Waals surface area contributed by atoms with Gasteiger partial charge in [0.1, 0.15) is 9.84 Å². The first-order valence-corrected chi connectivity index (χ1v) is 10.8. The predicted octanol–water partition coefficient (Wildman–Crippen LogP) is 1.57. The third kappa shape index (κ3) is 9.81. The molecule has 1 rings (SSSR count). The molecule has 1 aliphatic rings. The Kier molecular flexibility index (Phi) is 9.55. The van der Waals surface area contributed by atoms with Gasteiger partial charge in [-0.2, -0.15) is 0 Å². The highest BCUT2D eigenvalue weighted by Gasteiger charge is 2.21. The van der Waals surface area contributed by atoms with Crippen molar-refractivity contribution in [3.8, 4) is 0 Å². The van der Waals surface area contributed by atoms with Gasteiger partial charge in [-0.25, -0.2) is 8.42 Å². The van der Waals surface area contributed by atoms with E-state index in [0.717, 1.165) is 18.4 Å². The molecule has 0 spiro atoms. The monoisotopic (exact) mass is 347 g/mol. The van der Waals surface area contributed by atoms with E-state index >= 15 is 0 Å². The van der Waals surface area contributed by atoms with Gasteiger partial charge in [-0.05, 0) is 25.7 Å². The first kappa shape index (κ1) is 20.2. The minimum atomic E-state index is -2.95. The van der Waals surface area contributed by atoms with Crippen molar-refractivity contribution in [2.45, 2.75) is 52.0 Å². The molecule has 1 fully saturated rings. The van der Waals surface area contributed by atoms with E-state index < -0.39 is 9.84 Å². The van der Waals surface area contributed by atoms with Crippen molar-refractivity contribution in [3.05, 3.63) is 0 Å². The van der Waals surface area contributed by atoms with Crippen LogP contribution in [0.25, 0.3) is 0 Å². The molecule has 0 bridgehead atoms. The van der Waals surface area contributed by atoms with Crippen LogP contribution < -0.4 is 10.6 Å². The number of nitrogens with one attached hydrogen (secondary N) is 2. The molecule has 7 heteroatoms. The molecule has 0 radical (unpaired) electrons. The van der Waals surface area contributed by atoms with Crippen LogP contribution in [0, 0.1) is 5.92 Å². The van der Waals surface area contributed by atoms with Gasteiger partial charge in [0, 0.05) is 18.8 Å². The Labute approximate surface area is 141 Å². The van der Waals surface area contributed by atoms with Crippen molar-refractivity contribution >= 4 is 15.8 Å². The average Bonchev–Trinajstić information content (AvgIpc) is 2.50. The molecule has 0 aromatic rings. The summed E-state index contributed by atoms with van der Waals surface area (Å²) < 4.78 is 27.3. The Morgan fingerprint density at radius 1 is 1.26 bits per heavy atom. The first-order chi connectivity index (χ1) is 10.9. The molecule has 0 aromatic heterocycles. The molecule has 0 aliphatic heterocycles. The maximum Gasteiger partial charge on any atom is 0.191 e. The summed E-state index contributed by atoms with van der Waals surface area (Å²) in [5.74, 6) is 1.72. The summed E-state index contributed by atoms with van der Waals surface area (Å²) in [6.45, 7) is 6.34. The number of hydrogen-bond donors (Lipinski definition) is 2. The molecule has 23 heavy (non-hydrogen) atoms. The number of ether oxygens (including phenoxy) is 1. The van der Waals surface area contributed by atoms with E-state index in [1.807, 2.05) is 0 Å². The second-order valence-electron chi connectivity index (χ2n) is 6.29. The predicted molar refractivity (Wildman–Crippen MR) is 95.7 cm³/mol. The zero-order valence-electron chi connectivity index (χ0n) is 14.8. The fourth-order valence-electron chi connectivity index (χ4n) is 2.84. The van der Waals surface area contributed by atoms with Crippen molar-refractivity contribution in [3.63, 3.8) is 0 Å². The minimum Gasteiger partial charge on any atom is -0.378 e. The lowest BCUT2D eigenvalue weighted by molar-refractivity contribution is 0.157. The van der Waals surface area contributed by atoms with Gasteiger partial charge in [-0.1, -0.05) is 26.2 Å². The van der Waals surface area contributed by atoms with Crippen molar-refractivity contribution < 1.29 is 13.2 Å². The fraction of sp³-hybridized carbons (Fsp3) is 0.938. The second-order valence-corrected chi connectivity index (χ2v) is 8.54. The van der Waals surface area contributed by atoms with Gasteiger partial charge in [0.2, 0.25) is 0 Å². The Bertz CT molecular complexity index is 451. The Balaban J connectivity index is 2.32. The smallest absolute Gasteiger partial charge is 0.191 e. The highest BCUT2D eigenvalue weighted by molar-refractivity contribution is 7.90. The molecule has 136 valence electrons. The topological polar surface area (TPSA) is 79.8 Å². The van der Waals surface area contributed by atoms with Crippen molar-refractivity contribution in [1.82, 2.24) is 10.6 Å². The van der Waals surface area contributed by atoms with Crippen LogP contribution in [-0.2, 0) is 14.6 Å². The molecule has 6 nitrogen and oxygen atoms in total. The van der Waals surface area contributed by atoms with Crippen molar-refractivity contribution in [2.24, 2.45) is 10.9 Å². The summed E-state index contributed by atoms with van der Waals surface area (Å²) in [5.41, 5.74) is 0. The normalized spacial score (nSPS) is 22.8. The summed E-state index contributed by atoms with van der Waals surface area (Å²) in [7, 11) is -2.95. The van der Waals surface area contributed by atoms with E-state index in [4.69, 9.17) is 4.74 Å². The summed E-state index contributed by atoms with van der Waals surface area (Å²) in [4.78, 5) is 4.51. The average molecular weight is 348 g/mol. The highest BCUT2D eigenvalue weighted by atomic mass is 32.2.